The van der Waals surface area contributed by atoms with Crippen LogP contribution in [0.3, 0.4) is 0 Å². The molecule has 11 heteroatoms. The van der Waals surface area contributed by atoms with Crippen molar-refractivity contribution in [3.05, 3.63) is 0 Å². The van der Waals surface area contributed by atoms with Gasteiger partial charge in [0, 0.05) is 0 Å². The van der Waals surface area contributed by atoms with E-state index in [2.05, 4.69) is 9.47 Å². The normalized spacial score (nSPS) is 13.6. The van der Waals surface area contributed by atoms with Crippen LogP contribution >= 0.6 is 0 Å². The molecule has 3 N–H and O–H groups in total. The number of esters is 4. The third kappa shape index (κ3) is 11.8. The van der Waals surface area contributed by atoms with Crippen LogP contribution in [-0.4, -0.2) is 133 Å². The second-order valence-corrected chi connectivity index (χ2v) is 3.61. The molecule has 0 aliphatic heterocycles. The van der Waals surface area contributed by atoms with Crippen molar-refractivity contribution >= 4 is 99.4 Å². The third-order valence-electron chi connectivity index (χ3n) is 1.73. The SMILES string of the molecule is CC(O)C(=O)OC(=O)CC(O)C(=O)OC(=O)C(C)O.[CaH2].[CaH2]. The van der Waals surface area contributed by atoms with E-state index in [4.69, 9.17) is 10.2 Å². The number of carbonyl (C=O) groups is 4. The zero-order chi connectivity index (χ0) is 15.2. The fourth-order valence-electron chi connectivity index (χ4n) is 0.733. The maximum absolute atomic E-state index is 11.1. The summed E-state index contributed by atoms with van der Waals surface area (Å²) in [5.41, 5.74) is 0. The molecular formula is C10H18Ca2O9. The van der Waals surface area contributed by atoms with Gasteiger partial charge in [0.05, 0.1) is 6.42 Å². The number of hydrogen-bond donors (Lipinski definition) is 3. The fraction of sp³-hybridized carbons (Fsp3) is 0.600. The Bertz CT molecular complexity index is 381. The predicted octanol–water partition coefficient (Wildman–Crippen LogP) is -4.19. The summed E-state index contributed by atoms with van der Waals surface area (Å²) in [4.78, 5) is 43.7. The maximum atomic E-state index is 11.1. The first-order valence-electron chi connectivity index (χ1n) is 5.19. The van der Waals surface area contributed by atoms with Gasteiger partial charge in [0.1, 0.15) is 12.2 Å². The molecular weight excluding hydrogens is 344 g/mol. The van der Waals surface area contributed by atoms with Crippen molar-refractivity contribution in [2.24, 2.45) is 0 Å². The van der Waals surface area contributed by atoms with E-state index in [-0.39, 0.29) is 75.5 Å². The zero-order valence-electron chi connectivity index (χ0n) is 10.2. The van der Waals surface area contributed by atoms with E-state index in [1.165, 1.54) is 0 Å². The van der Waals surface area contributed by atoms with Crippen molar-refractivity contribution in [3.8, 4) is 0 Å². The summed E-state index contributed by atoms with van der Waals surface area (Å²) in [6.07, 6.45) is -6.08. The van der Waals surface area contributed by atoms with Gasteiger partial charge in [-0.3, -0.25) is 4.79 Å². The Hall–Kier alpha value is 0.679. The van der Waals surface area contributed by atoms with E-state index in [0.717, 1.165) is 13.8 Å². The molecule has 0 bridgehead atoms. The van der Waals surface area contributed by atoms with E-state index in [1.807, 2.05) is 0 Å². The van der Waals surface area contributed by atoms with Crippen LogP contribution in [0.4, 0.5) is 0 Å². The number of ether oxygens (including phenoxy) is 2. The molecule has 0 spiro atoms. The monoisotopic (exact) mass is 362 g/mol. The average molecular weight is 362 g/mol. The summed E-state index contributed by atoms with van der Waals surface area (Å²) < 4.78 is 8.06. The molecule has 3 atom stereocenters. The first kappa shape index (κ1) is 26.6. The summed E-state index contributed by atoms with van der Waals surface area (Å²) in [6.45, 7) is 2.10. The summed E-state index contributed by atoms with van der Waals surface area (Å²) in [6, 6.07) is 0. The molecule has 0 rings (SSSR count). The van der Waals surface area contributed by atoms with E-state index < -0.39 is 48.6 Å². The van der Waals surface area contributed by atoms with Crippen molar-refractivity contribution in [2.45, 2.75) is 38.6 Å². The molecule has 21 heavy (non-hydrogen) atoms. The fourth-order valence-corrected chi connectivity index (χ4v) is 0.733. The van der Waals surface area contributed by atoms with Crippen LogP contribution in [0.25, 0.3) is 0 Å². The van der Waals surface area contributed by atoms with Crippen LogP contribution in [0.1, 0.15) is 20.3 Å². The summed E-state index contributed by atoms with van der Waals surface area (Å²) >= 11 is 0. The van der Waals surface area contributed by atoms with Crippen LogP contribution in [0.5, 0.6) is 0 Å². The van der Waals surface area contributed by atoms with Crippen molar-refractivity contribution in [2.75, 3.05) is 0 Å². The van der Waals surface area contributed by atoms with Gasteiger partial charge in [-0.05, 0) is 13.8 Å². The van der Waals surface area contributed by atoms with Gasteiger partial charge in [0.15, 0.2) is 6.10 Å². The van der Waals surface area contributed by atoms with Crippen LogP contribution < -0.4 is 0 Å². The van der Waals surface area contributed by atoms with Crippen molar-refractivity contribution in [3.63, 3.8) is 0 Å². The average Bonchev–Trinajstić information content (AvgIpc) is 2.27. The quantitative estimate of drug-likeness (QED) is 0.251. The summed E-state index contributed by atoms with van der Waals surface area (Å²) in [5, 5.41) is 26.7. The van der Waals surface area contributed by atoms with Crippen LogP contribution in [0, 0.1) is 0 Å². The Labute approximate surface area is 180 Å². The van der Waals surface area contributed by atoms with Gasteiger partial charge in [-0.1, -0.05) is 0 Å². The number of aliphatic hydroxyl groups excluding tert-OH is 3. The van der Waals surface area contributed by atoms with Crippen LogP contribution in [0.2, 0.25) is 0 Å². The Morgan fingerprint density at radius 1 is 0.810 bits per heavy atom. The molecule has 0 heterocycles. The number of rotatable bonds is 5. The third-order valence-corrected chi connectivity index (χ3v) is 1.73. The molecule has 0 amide bonds. The Balaban J connectivity index is -0.00000162. The molecule has 9 nitrogen and oxygen atoms in total. The Morgan fingerprint density at radius 3 is 1.57 bits per heavy atom. The van der Waals surface area contributed by atoms with Crippen molar-refractivity contribution in [1.29, 1.82) is 0 Å². The molecule has 0 aliphatic rings. The second kappa shape index (κ2) is 13.1. The van der Waals surface area contributed by atoms with E-state index in [9.17, 15) is 24.3 Å². The molecule has 0 aromatic carbocycles. The topological polar surface area (TPSA) is 147 Å². The number of hydrogen-bond acceptors (Lipinski definition) is 9. The van der Waals surface area contributed by atoms with Crippen LogP contribution in [0.15, 0.2) is 0 Å². The molecule has 0 saturated heterocycles. The summed E-state index contributed by atoms with van der Waals surface area (Å²) in [5.74, 6) is -5.28. The minimum absolute atomic E-state index is 0. The predicted molar refractivity (Wildman–Crippen MR) is 73.3 cm³/mol. The van der Waals surface area contributed by atoms with Gasteiger partial charge in [-0.2, -0.15) is 0 Å². The molecule has 0 radical (unpaired) electrons. The first-order valence-corrected chi connectivity index (χ1v) is 5.19. The van der Waals surface area contributed by atoms with E-state index >= 15 is 0 Å². The molecule has 0 fully saturated rings. The molecule has 0 aliphatic carbocycles. The molecule has 0 aromatic heterocycles. The zero-order valence-corrected chi connectivity index (χ0v) is 10.2. The van der Waals surface area contributed by atoms with E-state index in [1.54, 1.807) is 0 Å². The van der Waals surface area contributed by atoms with Gasteiger partial charge in [0.25, 0.3) is 0 Å². The number of aliphatic hydroxyl groups is 3. The van der Waals surface area contributed by atoms with Gasteiger partial charge in [-0.15, -0.1) is 0 Å². The first-order chi connectivity index (χ1) is 8.65. The molecule has 0 saturated carbocycles. The summed E-state index contributed by atoms with van der Waals surface area (Å²) in [7, 11) is 0. The second-order valence-electron chi connectivity index (χ2n) is 3.61. The van der Waals surface area contributed by atoms with E-state index in [0.29, 0.717) is 0 Å². The van der Waals surface area contributed by atoms with Gasteiger partial charge in [-0.25, -0.2) is 14.4 Å². The standard InChI is InChI=1S/C10H14O9.2Ca.4H/c1-4(11)8(15)18-7(14)3-6(13)10(17)19-9(16)5(2)12;;;;;;/h4-6,11-13H,3H2,1-2H3;;;;;;. The van der Waals surface area contributed by atoms with Gasteiger partial charge < -0.3 is 24.8 Å². The van der Waals surface area contributed by atoms with Gasteiger partial charge in [0.2, 0.25) is 0 Å². The Morgan fingerprint density at radius 2 is 1.19 bits per heavy atom. The minimum atomic E-state index is -2.03. The Kier molecular flexibility index (Phi) is 16.6. The molecule has 3 unspecified atom stereocenters. The number of carbonyl (C=O) groups excluding carboxylic acids is 4. The van der Waals surface area contributed by atoms with Crippen molar-refractivity contribution < 1.29 is 44.0 Å². The molecule has 0 aromatic rings. The molecule has 116 valence electrons. The van der Waals surface area contributed by atoms with Crippen LogP contribution in [-0.2, 0) is 28.7 Å². The van der Waals surface area contributed by atoms with Crippen molar-refractivity contribution in [1.82, 2.24) is 0 Å². The van der Waals surface area contributed by atoms with Gasteiger partial charge >= 0.3 is 99.4 Å².